The zero-order chi connectivity index (χ0) is 23.0. The Balaban J connectivity index is 1.53. The van der Waals surface area contributed by atoms with Gasteiger partial charge in [0, 0.05) is 22.5 Å². The maximum atomic E-state index is 12.3. The Bertz CT molecular complexity index is 1240. The SMILES string of the molecule is COc1ccc(-c2nnc(SCC(=O)N/N=C\c3ccccn3)n2-c2ccc(Cl)cc2)cc1. The van der Waals surface area contributed by atoms with E-state index in [2.05, 4.69) is 25.7 Å². The van der Waals surface area contributed by atoms with Gasteiger partial charge in [-0.2, -0.15) is 5.10 Å². The van der Waals surface area contributed by atoms with Crippen LogP contribution in [0.3, 0.4) is 0 Å². The van der Waals surface area contributed by atoms with Gasteiger partial charge in [-0.25, -0.2) is 5.43 Å². The molecule has 2 aromatic heterocycles. The second-order valence-corrected chi connectivity index (χ2v) is 8.06. The van der Waals surface area contributed by atoms with E-state index in [1.165, 1.54) is 18.0 Å². The van der Waals surface area contributed by atoms with Gasteiger partial charge in [0.1, 0.15) is 5.75 Å². The van der Waals surface area contributed by atoms with Crippen molar-refractivity contribution in [3.05, 3.63) is 83.6 Å². The highest BCUT2D eigenvalue weighted by Crippen LogP contribution is 2.29. The van der Waals surface area contributed by atoms with Gasteiger partial charge in [-0.15, -0.1) is 10.2 Å². The maximum absolute atomic E-state index is 12.3. The van der Waals surface area contributed by atoms with E-state index in [0.29, 0.717) is 21.7 Å². The number of thioether (sulfide) groups is 1. The number of ether oxygens (including phenoxy) is 1. The van der Waals surface area contributed by atoms with Gasteiger partial charge in [0.25, 0.3) is 5.91 Å². The van der Waals surface area contributed by atoms with Crippen molar-refractivity contribution in [1.29, 1.82) is 0 Å². The molecule has 0 bridgehead atoms. The first kappa shape index (κ1) is 22.5. The molecule has 4 aromatic rings. The fraction of sp³-hybridized carbons (Fsp3) is 0.0870. The number of benzene rings is 2. The number of pyridine rings is 1. The molecule has 2 aromatic carbocycles. The van der Waals surface area contributed by atoms with Crippen molar-refractivity contribution in [2.24, 2.45) is 5.10 Å². The standard InChI is InChI=1S/C23H19ClN6O2S/c1-32-20-11-5-16(6-12-20)22-28-29-23(30(22)19-9-7-17(24)8-10-19)33-15-21(31)27-26-14-18-4-2-3-13-25-18/h2-14H,15H2,1H3,(H,27,31)/b26-14-. The van der Waals surface area contributed by atoms with Crippen LogP contribution >= 0.6 is 23.4 Å². The molecule has 8 nitrogen and oxygen atoms in total. The summed E-state index contributed by atoms with van der Waals surface area (Å²) in [6, 6.07) is 20.3. The summed E-state index contributed by atoms with van der Waals surface area (Å²) < 4.78 is 7.12. The number of hydrogen-bond donors (Lipinski definition) is 1. The van der Waals surface area contributed by atoms with Gasteiger partial charge in [0.2, 0.25) is 0 Å². The average molecular weight is 479 g/mol. The van der Waals surface area contributed by atoms with Gasteiger partial charge in [0.05, 0.1) is 24.8 Å². The van der Waals surface area contributed by atoms with Gasteiger partial charge in [0.15, 0.2) is 11.0 Å². The van der Waals surface area contributed by atoms with Gasteiger partial charge in [-0.1, -0.05) is 29.4 Å². The minimum absolute atomic E-state index is 0.105. The van der Waals surface area contributed by atoms with Gasteiger partial charge < -0.3 is 4.74 Å². The van der Waals surface area contributed by atoms with Crippen molar-refractivity contribution < 1.29 is 9.53 Å². The second kappa shape index (κ2) is 10.8. The molecule has 0 unspecified atom stereocenters. The summed E-state index contributed by atoms with van der Waals surface area (Å²) in [5, 5.41) is 13.8. The molecular weight excluding hydrogens is 460 g/mol. The van der Waals surface area contributed by atoms with Crippen LogP contribution in [-0.2, 0) is 4.79 Å². The molecular formula is C23H19ClN6O2S. The van der Waals surface area contributed by atoms with Crippen LogP contribution < -0.4 is 10.2 Å². The third-order valence-corrected chi connectivity index (χ3v) is 5.65. The molecule has 0 atom stereocenters. The summed E-state index contributed by atoms with van der Waals surface area (Å²) in [6.45, 7) is 0. The monoisotopic (exact) mass is 478 g/mol. The van der Waals surface area contributed by atoms with Gasteiger partial charge in [-0.3, -0.25) is 14.3 Å². The first-order chi connectivity index (χ1) is 16.1. The summed E-state index contributed by atoms with van der Waals surface area (Å²) in [7, 11) is 1.62. The molecule has 0 radical (unpaired) electrons. The number of rotatable bonds is 8. The topological polar surface area (TPSA) is 94.3 Å². The summed E-state index contributed by atoms with van der Waals surface area (Å²) in [5.74, 6) is 1.21. The molecule has 4 rings (SSSR count). The third-order valence-electron chi connectivity index (χ3n) is 4.47. The van der Waals surface area contributed by atoms with Crippen LogP contribution in [-0.4, -0.2) is 44.7 Å². The van der Waals surface area contributed by atoms with E-state index in [-0.39, 0.29) is 11.7 Å². The van der Waals surface area contributed by atoms with Crippen LogP contribution in [0.25, 0.3) is 17.1 Å². The molecule has 10 heteroatoms. The lowest BCUT2D eigenvalue weighted by atomic mass is 10.2. The molecule has 0 spiro atoms. The molecule has 1 amide bonds. The highest BCUT2D eigenvalue weighted by atomic mass is 35.5. The zero-order valence-corrected chi connectivity index (χ0v) is 19.1. The van der Waals surface area contributed by atoms with Gasteiger partial charge in [-0.05, 0) is 60.7 Å². The summed E-state index contributed by atoms with van der Waals surface area (Å²) in [6.07, 6.45) is 3.14. The summed E-state index contributed by atoms with van der Waals surface area (Å²) in [5.41, 5.74) is 4.83. The van der Waals surface area contributed by atoms with Crippen molar-refractivity contribution in [2.45, 2.75) is 5.16 Å². The Labute approximate surface area is 199 Å². The number of hydrazone groups is 1. The van der Waals surface area contributed by atoms with Crippen molar-refractivity contribution in [3.8, 4) is 22.8 Å². The Kier molecular flexibility index (Phi) is 7.33. The zero-order valence-electron chi connectivity index (χ0n) is 17.6. The van der Waals surface area contributed by atoms with E-state index in [1.807, 2.05) is 53.1 Å². The Hall–Kier alpha value is -3.69. The number of methoxy groups -OCH3 is 1. The van der Waals surface area contributed by atoms with E-state index in [4.69, 9.17) is 16.3 Å². The molecule has 0 fully saturated rings. The second-order valence-electron chi connectivity index (χ2n) is 6.68. The van der Waals surface area contributed by atoms with Crippen molar-refractivity contribution in [2.75, 3.05) is 12.9 Å². The first-order valence-electron chi connectivity index (χ1n) is 9.85. The predicted octanol–water partition coefficient (Wildman–Crippen LogP) is 4.23. The number of carbonyl (C=O) groups is 1. The van der Waals surface area contributed by atoms with Crippen LogP contribution in [0.1, 0.15) is 5.69 Å². The Morgan fingerprint density at radius 2 is 1.91 bits per heavy atom. The number of hydrogen-bond acceptors (Lipinski definition) is 7. The van der Waals surface area contributed by atoms with Crippen LogP contribution in [0.2, 0.25) is 5.02 Å². The molecule has 0 saturated carbocycles. The van der Waals surface area contributed by atoms with Crippen molar-refractivity contribution in [1.82, 2.24) is 25.2 Å². The molecule has 1 N–H and O–H groups in total. The molecule has 0 aliphatic carbocycles. The lowest BCUT2D eigenvalue weighted by Gasteiger charge is -2.11. The Morgan fingerprint density at radius 1 is 1.12 bits per heavy atom. The number of amides is 1. The van der Waals surface area contributed by atoms with Gasteiger partial charge >= 0.3 is 0 Å². The molecule has 166 valence electrons. The first-order valence-corrected chi connectivity index (χ1v) is 11.2. The smallest absolute Gasteiger partial charge is 0.250 e. The number of aromatic nitrogens is 4. The number of halogens is 1. The lowest BCUT2D eigenvalue weighted by molar-refractivity contribution is -0.118. The number of nitrogens with one attached hydrogen (secondary N) is 1. The molecule has 0 saturated heterocycles. The largest absolute Gasteiger partial charge is 0.497 e. The van der Waals surface area contributed by atoms with E-state index >= 15 is 0 Å². The molecule has 33 heavy (non-hydrogen) atoms. The van der Waals surface area contributed by atoms with Crippen LogP contribution in [0.4, 0.5) is 0 Å². The highest BCUT2D eigenvalue weighted by Gasteiger charge is 2.17. The predicted molar refractivity (Wildman–Crippen MR) is 129 cm³/mol. The lowest BCUT2D eigenvalue weighted by Crippen LogP contribution is -2.20. The van der Waals surface area contributed by atoms with E-state index < -0.39 is 0 Å². The van der Waals surface area contributed by atoms with Crippen molar-refractivity contribution in [3.63, 3.8) is 0 Å². The fourth-order valence-electron chi connectivity index (χ4n) is 2.90. The normalized spacial score (nSPS) is 11.0. The minimum Gasteiger partial charge on any atom is -0.497 e. The van der Waals surface area contributed by atoms with Crippen LogP contribution in [0.5, 0.6) is 5.75 Å². The maximum Gasteiger partial charge on any atom is 0.250 e. The number of nitrogens with zero attached hydrogens (tertiary/aromatic N) is 5. The third kappa shape index (κ3) is 5.76. The molecule has 0 aliphatic heterocycles. The molecule has 0 aliphatic rings. The quantitative estimate of drug-likeness (QED) is 0.231. The highest BCUT2D eigenvalue weighted by molar-refractivity contribution is 7.99. The van der Waals surface area contributed by atoms with Crippen molar-refractivity contribution >= 4 is 35.5 Å². The molecule has 2 heterocycles. The van der Waals surface area contributed by atoms with E-state index in [1.54, 1.807) is 31.5 Å². The fourth-order valence-corrected chi connectivity index (χ4v) is 3.77. The minimum atomic E-state index is -0.274. The van der Waals surface area contributed by atoms with Crippen LogP contribution in [0, 0.1) is 0 Å². The van der Waals surface area contributed by atoms with E-state index in [9.17, 15) is 4.79 Å². The van der Waals surface area contributed by atoms with E-state index in [0.717, 1.165) is 17.0 Å². The summed E-state index contributed by atoms with van der Waals surface area (Å²) >= 11 is 7.32. The summed E-state index contributed by atoms with van der Waals surface area (Å²) in [4.78, 5) is 16.4. The number of carbonyl (C=O) groups excluding carboxylic acids is 1. The average Bonchev–Trinajstić information content (AvgIpc) is 3.28. The Morgan fingerprint density at radius 3 is 2.61 bits per heavy atom. The van der Waals surface area contributed by atoms with Crippen LogP contribution in [0.15, 0.2) is 83.2 Å².